The number of amides is 2. The van der Waals surface area contributed by atoms with Crippen molar-refractivity contribution in [1.29, 1.82) is 5.41 Å². The molecule has 0 spiro atoms. The molecule has 0 unspecified atom stereocenters. The molecule has 1 aromatic rings. The maximum atomic E-state index is 11.2. The van der Waals surface area contributed by atoms with Crippen LogP contribution >= 0.6 is 0 Å². The third-order valence-electron chi connectivity index (χ3n) is 1.48. The number of carbonyl (C=O) groups is 1. The highest BCUT2D eigenvalue weighted by Gasteiger charge is 2.17. The van der Waals surface area contributed by atoms with E-state index in [2.05, 4.69) is 10.3 Å². The number of carbonyl (C=O) groups excluding carboxylic acids is 1. The second-order valence-corrected chi connectivity index (χ2v) is 2.33. The van der Waals surface area contributed by atoms with Crippen molar-refractivity contribution in [1.82, 2.24) is 10.3 Å². The fraction of sp³-hybridized carbons (Fsp3) is 0.143. The fourth-order valence-corrected chi connectivity index (χ4v) is 0.920. The lowest BCUT2D eigenvalue weighted by atomic mass is 10.5. The first kappa shape index (κ1) is 9.11. The van der Waals surface area contributed by atoms with Crippen LogP contribution in [0.15, 0.2) is 18.3 Å². The summed E-state index contributed by atoms with van der Waals surface area (Å²) in [6.45, 7) is 0. The Bertz CT molecular complexity index is 305. The Morgan fingerprint density at radius 3 is 2.85 bits per heavy atom. The monoisotopic (exact) mass is 181 g/mol. The van der Waals surface area contributed by atoms with Crippen LogP contribution in [0.2, 0.25) is 0 Å². The van der Waals surface area contributed by atoms with E-state index in [1.165, 1.54) is 7.05 Å². The van der Waals surface area contributed by atoms with Crippen LogP contribution in [0.25, 0.3) is 0 Å². The Morgan fingerprint density at radius 1 is 1.77 bits per heavy atom. The van der Waals surface area contributed by atoms with Crippen molar-refractivity contribution in [2.24, 2.45) is 5.73 Å². The smallest absolute Gasteiger partial charge is 0.329 e. The van der Waals surface area contributed by atoms with Crippen molar-refractivity contribution < 1.29 is 4.79 Å². The summed E-state index contributed by atoms with van der Waals surface area (Å²) < 4.78 is 0. The van der Waals surface area contributed by atoms with E-state index in [1.807, 2.05) is 0 Å². The zero-order valence-corrected chi connectivity index (χ0v) is 7.16. The van der Waals surface area contributed by atoms with Gasteiger partial charge in [0.05, 0.1) is 0 Å². The Balaban J connectivity index is 2.93. The number of H-pyrrole nitrogens is 1. The molecule has 2 amide bonds. The van der Waals surface area contributed by atoms with Crippen molar-refractivity contribution in [3.63, 3.8) is 0 Å². The number of nitrogens with two attached hydrogens (primary N) is 1. The quantitative estimate of drug-likeness (QED) is 0.364. The molecule has 70 valence electrons. The lowest BCUT2D eigenvalue weighted by Gasteiger charge is -2.17. The van der Waals surface area contributed by atoms with Gasteiger partial charge in [0.25, 0.3) is 0 Å². The first-order chi connectivity index (χ1) is 6.16. The van der Waals surface area contributed by atoms with E-state index in [-0.39, 0.29) is 5.96 Å². The van der Waals surface area contributed by atoms with Gasteiger partial charge < -0.3 is 16.0 Å². The van der Waals surface area contributed by atoms with Crippen molar-refractivity contribution in [2.75, 3.05) is 11.9 Å². The second-order valence-electron chi connectivity index (χ2n) is 2.33. The first-order valence-corrected chi connectivity index (χ1v) is 3.66. The van der Waals surface area contributed by atoms with Gasteiger partial charge in [-0.3, -0.25) is 5.41 Å². The van der Waals surface area contributed by atoms with Gasteiger partial charge in [0.1, 0.15) is 5.82 Å². The molecule has 0 atom stereocenters. The molecule has 0 radical (unpaired) electrons. The molecule has 1 aromatic heterocycles. The number of hydrogen-bond donors (Lipinski definition) is 4. The highest BCUT2D eigenvalue weighted by Crippen LogP contribution is 2.08. The van der Waals surface area contributed by atoms with E-state index in [0.29, 0.717) is 5.82 Å². The Labute approximate surface area is 75.2 Å². The molecular formula is C7H11N5O. The maximum absolute atomic E-state index is 11.2. The van der Waals surface area contributed by atoms with E-state index in [4.69, 9.17) is 11.1 Å². The number of anilines is 1. The van der Waals surface area contributed by atoms with Gasteiger partial charge in [-0.05, 0) is 12.1 Å². The van der Waals surface area contributed by atoms with Crippen LogP contribution < -0.4 is 16.0 Å². The topological polar surface area (TPSA) is 98.0 Å². The second kappa shape index (κ2) is 3.61. The molecule has 6 nitrogen and oxygen atoms in total. The van der Waals surface area contributed by atoms with Gasteiger partial charge in [-0.1, -0.05) is 0 Å². The zero-order chi connectivity index (χ0) is 9.84. The van der Waals surface area contributed by atoms with Gasteiger partial charge >= 0.3 is 6.03 Å². The van der Waals surface area contributed by atoms with Gasteiger partial charge in [0, 0.05) is 13.2 Å². The molecule has 0 saturated carbocycles. The summed E-state index contributed by atoms with van der Waals surface area (Å²) in [5, 5.41) is 9.57. The number of aromatic amines is 1. The minimum absolute atomic E-state index is 0.332. The minimum Gasteiger partial charge on any atom is -0.369 e. The molecule has 6 heteroatoms. The molecule has 0 fully saturated rings. The minimum atomic E-state index is -0.449. The van der Waals surface area contributed by atoms with Crippen LogP contribution in [0.5, 0.6) is 0 Å². The highest BCUT2D eigenvalue weighted by molar-refractivity contribution is 6.13. The number of nitrogens with zero attached hydrogens (tertiary/aromatic N) is 1. The van der Waals surface area contributed by atoms with E-state index >= 15 is 0 Å². The molecule has 0 aromatic carbocycles. The van der Waals surface area contributed by atoms with Crippen LogP contribution in [-0.4, -0.2) is 24.0 Å². The maximum Gasteiger partial charge on any atom is 0.329 e. The molecular weight excluding hydrogens is 170 g/mol. The fourth-order valence-electron chi connectivity index (χ4n) is 0.920. The Kier molecular flexibility index (Phi) is 2.53. The third-order valence-corrected chi connectivity index (χ3v) is 1.48. The van der Waals surface area contributed by atoms with Gasteiger partial charge in [0.15, 0.2) is 0 Å². The molecule has 0 aliphatic carbocycles. The average molecular weight is 181 g/mol. The van der Waals surface area contributed by atoms with Crippen LogP contribution in [0.1, 0.15) is 0 Å². The summed E-state index contributed by atoms with van der Waals surface area (Å²) in [5.41, 5.74) is 5.23. The summed E-state index contributed by atoms with van der Waals surface area (Å²) >= 11 is 0. The number of hydrogen-bond acceptors (Lipinski definition) is 2. The number of aromatic nitrogens is 1. The normalized spacial score (nSPS) is 9.31. The van der Waals surface area contributed by atoms with Crippen molar-refractivity contribution in [2.45, 2.75) is 0 Å². The largest absolute Gasteiger partial charge is 0.369 e. The SMILES string of the molecule is CNC(=O)N(C(=N)N)c1ccc[nH]1. The number of urea groups is 1. The standard InChI is InChI=1S/C7H11N5O/c1-10-7(13)12(6(8)9)5-3-2-4-11-5/h2-4,11H,1H3,(H3,8,9)(H,10,13). The molecule has 0 bridgehead atoms. The van der Waals surface area contributed by atoms with Gasteiger partial charge in [0.2, 0.25) is 5.96 Å². The van der Waals surface area contributed by atoms with Crippen molar-refractivity contribution >= 4 is 17.8 Å². The number of nitrogens with one attached hydrogen (secondary N) is 3. The summed E-state index contributed by atoms with van der Waals surface area (Å²) in [6.07, 6.45) is 1.65. The summed E-state index contributed by atoms with van der Waals surface area (Å²) in [4.78, 5) is 15.0. The molecule has 1 rings (SSSR count). The zero-order valence-electron chi connectivity index (χ0n) is 7.16. The van der Waals surface area contributed by atoms with Crippen LogP contribution in [0, 0.1) is 5.41 Å². The molecule has 0 aliphatic heterocycles. The Morgan fingerprint density at radius 2 is 2.46 bits per heavy atom. The molecule has 5 N–H and O–H groups in total. The highest BCUT2D eigenvalue weighted by atomic mass is 16.2. The van der Waals surface area contributed by atoms with Gasteiger partial charge in [-0.2, -0.15) is 0 Å². The summed E-state index contributed by atoms with van der Waals surface area (Å²) in [7, 11) is 1.47. The molecule has 0 saturated heterocycles. The average Bonchev–Trinajstić information content (AvgIpc) is 2.56. The van der Waals surface area contributed by atoms with Crippen LogP contribution in [0.3, 0.4) is 0 Å². The lowest BCUT2D eigenvalue weighted by Crippen LogP contribution is -2.46. The van der Waals surface area contributed by atoms with E-state index in [1.54, 1.807) is 18.3 Å². The van der Waals surface area contributed by atoms with Gasteiger partial charge in [-0.15, -0.1) is 0 Å². The van der Waals surface area contributed by atoms with Crippen molar-refractivity contribution in [3.8, 4) is 0 Å². The third kappa shape index (κ3) is 1.78. The predicted molar refractivity (Wildman–Crippen MR) is 49.6 cm³/mol. The van der Waals surface area contributed by atoms with E-state index < -0.39 is 6.03 Å². The number of guanidine groups is 1. The first-order valence-electron chi connectivity index (χ1n) is 3.66. The van der Waals surface area contributed by atoms with Crippen molar-refractivity contribution in [3.05, 3.63) is 18.3 Å². The van der Waals surface area contributed by atoms with Crippen LogP contribution in [0.4, 0.5) is 10.6 Å². The van der Waals surface area contributed by atoms with E-state index in [0.717, 1.165) is 4.90 Å². The summed E-state index contributed by atoms with van der Waals surface area (Å²) in [5.74, 6) is 0.133. The van der Waals surface area contributed by atoms with E-state index in [9.17, 15) is 4.79 Å². The molecule has 0 aliphatic rings. The van der Waals surface area contributed by atoms with Crippen LogP contribution in [-0.2, 0) is 0 Å². The lowest BCUT2D eigenvalue weighted by molar-refractivity contribution is 0.250. The molecule has 1 heterocycles. The van der Waals surface area contributed by atoms with Gasteiger partial charge in [-0.25, -0.2) is 9.69 Å². The predicted octanol–water partition coefficient (Wildman–Crippen LogP) is 0.0540. The molecule has 13 heavy (non-hydrogen) atoms. The Hall–Kier alpha value is -1.98. The number of rotatable bonds is 1. The summed E-state index contributed by atoms with van der Waals surface area (Å²) in [6, 6.07) is 2.92.